The summed E-state index contributed by atoms with van der Waals surface area (Å²) < 4.78 is 0. The molecule has 0 aromatic heterocycles. The quantitative estimate of drug-likeness (QED) is 0.529. The molecule has 17 heavy (non-hydrogen) atoms. The predicted molar refractivity (Wildman–Crippen MR) is 58.6 cm³/mol. The third-order valence-electron chi connectivity index (χ3n) is 3.45. The summed E-state index contributed by atoms with van der Waals surface area (Å²) in [6, 6.07) is -1.49. The van der Waals surface area contributed by atoms with Crippen LogP contribution in [0.5, 0.6) is 0 Å². The second-order valence-electron chi connectivity index (χ2n) is 4.64. The van der Waals surface area contributed by atoms with E-state index in [0.717, 1.165) is 17.7 Å². The number of urea groups is 1. The fraction of sp³-hybridized carbons (Fsp3) is 0.700. The molecule has 2 aliphatic rings. The molecular weight excluding hydrogens is 224 g/mol. The minimum Gasteiger partial charge on any atom is -0.368 e. The average molecular weight is 240 g/mol. The van der Waals surface area contributed by atoms with Crippen molar-refractivity contribution in [1.29, 1.82) is 0 Å². The molecule has 7 heteroatoms. The van der Waals surface area contributed by atoms with Crippen LogP contribution in [0.2, 0.25) is 0 Å². The van der Waals surface area contributed by atoms with Gasteiger partial charge in [0.1, 0.15) is 11.6 Å². The van der Waals surface area contributed by atoms with Gasteiger partial charge < -0.3 is 16.8 Å². The van der Waals surface area contributed by atoms with Crippen LogP contribution in [0.25, 0.3) is 0 Å². The Morgan fingerprint density at radius 1 is 1.41 bits per heavy atom. The standard InChI is InChI=1S/C10H16N4O3/c11-6(7(12)15)5-14-8(16)10(13-9(14)17)3-1-2-4-10/h6H,1-5,11H2,(H2,12,15)(H,13,17). The summed E-state index contributed by atoms with van der Waals surface area (Å²) in [7, 11) is 0. The molecule has 94 valence electrons. The Morgan fingerprint density at radius 3 is 2.53 bits per heavy atom. The molecule has 1 spiro atoms. The van der Waals surface area contributed by atoms with E-state index in [1.54, 1.807) is 0 Å². The number of hydrogen-bond donors (Lipinski definition) is 3. The fourth-order valence-electron chi connectivity index (χ4n) is 2.45. The summed E-state index contributed by atoms with van der Waals surface area (Å²) in [5.41, 5.74) is 9.72. The van der Waals surface area contributed by atoms with Gasteiger partial charge in [-0.2, -0.15) is 0 Å². The maximum atomic E-state index is 12.1. The average Bonchev–Trinajstić information content (AvgIpc) is 2.81. The number of amides is 4. The first-order chi connectivity index (χ1) is 7.96. The smallest absolute Gasteiger partial charge is 0.325 e. The van der Waals surface area contributed by atoms with Gasteiger partial charge in [0.2, 0.25) is 5.91 Å². The SMILES string of the molecule is NC(=O)C(N)CN1C(=O)NC2(CCCC2)C1=O. The lowest BCUT2D eigenvalue weighted by atomic mass is 9.98. The van der Waals surface area contributed by atoms with Gasteiger partial charge in [-0.05, 0) is 12.8 Å². The Bertz CT molecular complexity index is 376. The number of rotatable bonds is 3. The van der Waals surface area contributed by atoms with E-state index < -0.39 is 23.5 Å². The van der Waals surface area contributed by atoms with Crippen LogP contribution in [0.15, 0.2) is 0 Å². The maximum absolute atomic E-state index is 12.1. The van der Waals surface area contributed by atoms with Gasteiger partial charge in [0, 0.05) is 0 Å². The highest BCUT2D eigenvalue weighted by Gasteiger charge is 2.52. The van der Waals surface area contributed by atoms with Crippen LogP contribution in [0.1, 0.15) is 25.7 Å². The first kappa shape index (κ1) is 11.8. The molecule has 4 amide bonds. The second-order valence-corrected chi connectivity index (χ2v) is 4.64. The molecule has 7 nitrogen and oxygen atoms in total. The van der Waals surface area contributed by atoms with Crippen LogP contribution in [-0.2, 0) is 9.59 Å². The highest BCUT2D eigenvalue weighted by molar-refractivity contribution is 6.07. The number of nitrogens with zero attached hydrogens (tertiary/aromatic N) is 1. The van der Waals surface area contributed by atoms with Crippen molar-refractivity contribution in [3.63, 3.8) is 0 Å². The minimum atomic E-state index is -1.01. The summed E-state index contributed by atoms with van der Waals surface area (Å²) in [5, 5.41) is 2.70. The minimum absolute atomic E-state index is 0.151. The van der Waals surface area contributed by atoms with Crippen molar-refractivity contribution < 1.29 is 14.4 Å². The van der Waals surface area contributed by atoms with E-state index in [2.05, 4.69) is 5.32 Å². The van der Waals surface area contributed by atoms with E-state index in [4.69, 9.17) is 11.5 Å². The molecule has 1 aliphatic carbocycles. The Labute approximate surface area is 98.5 Å². The molecule has 1 saturated carbocycles. The molecule has 1 saturated heterocycles. The monoisotopic (exact) mass is 240 g/mol. The maximum Gasteiger partial charge on any atom is 0.325 e. The van der Waals surface area contributed by atoms with Gasteiger partial charge in [0.25, 0.3) is 5.91 Å². The van der Waals surface area contributed by atoms with Crippen LogP contribution < -0.4 is 16.8 Å². The molecular formula is C10H16N4O3. The zero-order valence-corrected chi connectivity index (χ0v) is 9.44. The number of nitrogens with two attached hydrogens (primary N) is 2. The Kier molecular flexibility index (Phi) is 2.78. The Hall–Kier alpha value is -1.63. The van der Waals surface area contributed by atoms with E-state index in [1.807, 2.05) is 0 Å². The van der Waals surface area contributed by atoms with Crippen molar-refractivity contribution in [3.05, 3.63) is 0 Å². The van der Waals surface area contributed by atoms with Crippen LogP contribution in [0.3, 0.4) is 0 Å². The molecule has 0 aromatic rings. The van der Waals surface area contributed by atoms with Crippen molar-refractivity contribution in [3.8, 4) is 0 Å². The molecule has 0 aromatic carbocycles. The van der Waals surface area contributed by atoms with Crippen molar-refractivity contribution in [2.24, 2.45) is 11.5 Å². The van der Waals surface area contributed by atoms with Gasteiger partial charge >= 0.3 is 6.03 Å². The van der Waals surface area contributed by atoms with Crippen molar-refractivity contribution >= 4 is 17.8 Å². The first-order valence-corrected chi connectivity index (χ1v) is 5.65. The van der Waals surface area contributed by atoms with Crippen LogP contribution >= 0.6 is 0 Å². The summed E-state index contributed by atoms with van der Waals surface area (Å²) in [6.45, 7) is -0.151. The van der Waals surface area contributed by atoms with E-state index in [0.29, 0.717) is 12.8 Å². The number of nitrogens with one attached hydrogen (secondary N) is 1. The van der Waals surface area contributed by atoms with Crippen molar-refractivity contribution in [2.45, 2.75) is 37.3 Å². The predicted octanol–water partition coefficient (Wildman–Crippen LogP) is -1.34. The number of carbonyl (C=O) groups is 3. The number of hydrogen-bond acceptors (Lipinski definition) is 4. The number of carbonyl (C=O) groups excluding carboxylic acids is 3. The van der Waals surface area contributed by atoms with E-state index in [1.165, 1.54) is 0 Å². The third-order valence-corrected chi connectivity index (χ3v) is 3.45. The van der Waals surface area contributed by atoms with Crippen LogP contribution in [0.4, 0.5) is 4.79 Å². The largest absolute Gasteiger partial charge is 0.368 e. The molecule has 2 rings (SSSR count). The van der Waals surface area contributed by atoms with E-state index in [9.17, 15) is 14.4 Å². The third kappa shape index (κ3) is 1.86. The zero-order chi connectivity index (χ0) is 12.6. The Balaban J connectivity index is 2.11. The summed E-state index contributed by atoms with van der Waals surface area (Å²) >= 11 is 0. The van der Waals surface area contributed by atoms with Crippen molar-refractivity contribution in [2.75, 3.05) is 6.54 Å². The number of imide groups is 1. The summed E-state index contributed by atoms with van der Waals surface area (Å²) in [5.74, 6) is -1.00. The zero-order valence-electron chi connectivity index (χ0n) is 9.44. The lowest BCUT2D eigenvalue weighted by Gasteiger charge is -2.20. The van der Waals surface area contributed by atoms with Gasteiger partial charge in [0.15, 0.2) is 0 Å². The molecule has 1 aliphatic heterocycles. The molecule has 2 fully saturated rings. The second kappa shape index (κ2) is 3.99. The fourth-order valence-corrected chi connectivity index (χ4v) is 2.45. The summed E-state index contributed by atoms with van der Waals surface area (Å²) in [6.07, 6.45) is 3.14. The molecule has 0 bridgehead atoms. The number of primary amides is 1. The molecule has 1 heterocycles. The highest BCUT2D eigenvalue weighted by Crippen LogP contribution is 2.34. The molecule has 1 atom stereocenters. The van der Waals surface area contributed by atoms with Crippen LogP contribution in [0, 0.1) is 0 Å². The van der Waals surface area contributed by atoms with Gasteiger partial charge in [-0.25, -0.2) is 4.79 Å². The normalized spacial score (nSPS) is 24.2. The van der Waals surface area contributed by atoms with Gasteiger partial charge in [-0.15, -0.1) is 0 Å². The van der Waals surface area contributed by atoms with E-state index in [-0.39, 0.29) is 12.5 Å². The Morgan fingerprint density at radius 2 is 2.00 bits per heavy atom. The molecule has 5 N–H and O–H groups in total. The summed E-state index contributed by atoms with van der Waals surface area (Å²) in [4.78, 5) is 35.7. The first-order valence-electron chi connectivity index (χ1n) is 5.65. The van der Waals surface area contributed by atoms with E-state index >= 15 is 0 Å². The van der Waals surface area contributed by atoms with Crippen molar-refractivity contribution in [1.82, 2.24) is 10.2 Å². The van der Waals surface area contributed by atoms with Gasteiger partial charge in [0.05, 0.1) is 6.54 Å². The molecule has 1 unspecified atom stereocenters. The highest BCUT2D eigenvalue weighted by atomic mass is 16.2. The molecule has 0 radical (unpaired) electrons. The topological polar surface area (TPSA) is 119 Å². The lowest BCUT2D eigenvalue weighted by molar-refractivity contribution is -0.131. The lowest BCUT2D eigenvalue weighted by Crippen LogP contribution is -2.49. The van der Waals surface area contributed by atoms with Gasteiger partial charge in [-0.1, -0.05) is 12.8 Å². The van der Waals surface area contributed by atoms with Gasteiger partial charge in [-0.3, -0.25) is 14.5 Å². The van der Waals surface area contributed by atoms with Crippen LogP contribution in [-0.4, -0.2) is 40.9 Å².